The Morgan fingerprint density at radius 1 is 1.14 bits per heavy atom. The van der Waals surface area contributed by atoms with Gasteiger partial charge >= 0.3 is 0 Å². The van der Waals surface area contributed by atoms with Gasteiger partial charge in [0.25, 0.3) is 0 Å². The molecular weight excluding hydrogens is 446 g/mol. The summed E-state index contributed by atoms with van der Waals surface area (Å²) in [4.78, 5) is 26.7. The number of carbonyl (C=O) groups is 2. The molecule has 0 bridgehead atoms. The number of halogens is 1. The van der Waals surface area contributed by atoms with Crippen LogP contribution in [0.4, 0.5) is 11.4 Å². The number of hydrogen-bond donors (Lipinski definition) is 1. The first-order valence-corrected chi connectivity index (χ1v) is 10.8. The molecule has 0 radical (unpaired) electrons. The zero-order valence-corrected chi connectivity index (χ0v) is 17.8. The summed E-state index contributed by atoms with van der Waals surface area (Å²) >= 11 is 3.43. The lowest BCUT2D eigenvalue weighted by molar-refractivity contribution is -0.122. The van der Waals surface area contributed by atoms with E-state index in [4.69, 9.17) is 0 Å². The van der Waals surface area contributed by atoms with Gasteiger partial charge in [0.2, 0.25) is 21.8 Å². The smallest absolute Gasteiger partial charge is 0.242 e. The lowest BCUT2D eigenvalue weighted by Gasteiger charge is -2.18. The highest BCUT2D eigenvalue weighted by Crippen LogP contribution is 2.31. The van der Waals surface area contributed by atoms with Gasteiger partial charge in [0.1, 0.15) is 0 Å². The third-order valence-electron chi connectivity index (χ3n) is 4.54. The zero-order valence-electron chi connectivity index (χ0n) is 15.4. The van der Waals surface area contributed by atoms with Gasteiger partial charge in [-0.25, -0.2) is 12.7 Å². The van der Waals surface area contributed by atoms with E-state index < -0.39 is 15.9 Å². The predicted molar refractivity (Wildman–Crippen MR) is 111 cm³/mol. The Bertz CT molecular complexity index is 1010. The number of benzene rings is 2. The Morgan fingerprint density at radius 3 is 2.39 bits per heavy atom. The van der Waals surface area contributed by atoms with Crippen LogP contribution >= 0.6 is 15.9 Å². The minimum Gasteiger partial charge on any atom is -0.326 e. The fraction of sp³-hybridized carbons (Fsp3) is 0.263. The van der Waals surface area contributed by atoms with E-state index in [1.54, 1.807) is 4.90 Å². The van der Waals surface area contributed by atoms with Gasteiger partial charge < -0.3 is 10.2 Å². The fourth-order valence-corrected chi connectivity index (χ4v) is 4.35. The van der Waals surface area contributed by atoms with Crippen molar-refractivity contribution in [1.29, 1.82) is 0 Å². The van der Waals surface area contributed by atoms with E-state index in [9.17, 15) is 18.0 Å². The molecule has 1 aliphatic rings. The number of nitrogens with zero attached hydrogens (tertiary/aromatic N) is 2. The molecule has 1 saturated heterocycles. The van der Waals surface area contributed by atoms with E-state index in [0.717, 1.165) is 14.5 Å². The molecule has 0 saturated carbocycles. The van der Waals surface area contributed by atoms with Gasteiger partial charge in [-0.05, 0) is 52.3 Å². The first kappa shape index (κ1) is 20.5. The lowest BCUT2D eigenvalue weighted by Crippen LogP contribution is -2.28. The van der Waals surface area contributed by atoms with E-state index in [1.165, 1.54) is 38.4 Å². The molecule has 7 nitrogen and oxygen atoms in total. The quantitative estimate of drug-likeness (QED) is 0.734. The molecule has 2 amide bonds. The average Bonchev–Trinajstić information content (AvgIpc) is 3.04. The molecule has 1 heterocycles. The number of anilines is 2. The van der Waals surface area contributed by atoms with Crippen molar-refractivity contribution in [3.05, 3.63) is 53.0 Å². The van der Waals surface area contributed by atoms with Crippen LogP contribution < -0.4 is 10.2 Å². The Morgan fingerprint density at radius 2 is 1.79 bits per heavy atom. The van der Waals surface area contributed by atoms with Crippen LogP contribution in [-0.4, -0.2) is 45.2 Å². The third kappa shape index (κ3) is 4.11. The number of carbonyl (C=O) groups excluding carboxylic acids is 2. The molecule has 2 aromatic carbocycles. The molecule has 1 unspecified atom stereocenters. The highest BCUT2D eigenvalue weighted by molar-refractivity contribution is 9.10. The zero-order chi connectivity index (χ0) is 20.5. The highest BCUT2D eigenvalue weighted by atomic mass is 79.9. The molecule has 9 heteroatoms. The number of nitrogens with one attached hydrogen (secondary N) is 1. The molecule has 0 aliphatic carbocycles. The van der Waals surface area contributed by atoms with Crippen molar-refractivity contribution in [2.45, 2.75) is 11.3 Å². The monoisotopic (exact) mass is 465 g/mol. The van der Waals surface area contributed by atoms with Crippen molar-refractivity contribution >= 4 is 49.1 Å². The van der Waals surface area contributed by atoms with Crippen molar-refractivity contribution in [3.63, 3.8) is 0 Å². The topological polar surface area (TPSA) is 86.8 Å². The summed E-state index contributed by atoms with van der Waals surface area (Å²) in [7, 11) is -0.608. The minimum absolute atomic E-state index is 0.112. The molecule has 148 valence electrons. The van der Waals surface area contributed by atoms with Gasteiger partial charge in [-0.2, -0.15) is 0 Å². The van der Waals surface area contributed by atoms with Crippen LogP contribution in [-0.2, 0) is 19.6 Å². The van der Waals surface area contributed by atoms with Crippen LogP contribution in [0.3, 0.4) is 0 Å². The summed E-state index contributed by atoms with van der Waals surface area (Å²) in [6, 6.07) is 13.3. The van der Waals surface area contributed by atoms with Crippen LogP contribution in [0.5, 0.6) is 0 Å². The van der Waals surface area contributed by atoms with E-state index in [-0.39, 0.29) is 23.1 Å². The number of hydrogen-bond acceptors (Lipinski definition) is 4. The third-order valence-corrected chi connectivity index (χ3v) is 7.04. The van der Waals surface area contributed by atoms with E-state index >= 15 is 0 Å². The van der Waals surface area contributed by atoms with E-state index in [2.05, 4.69) is 21.2 Å². The number of para-hydroxylation sites is 1. The molecular formula is C19H20BrN3O4S. The van der Waals surface area contributed by atoms with Gasteiger partial charge in [-0.1, -0.05) is 12.1 Å². The summed E-state index contributed by atoms with van der Waals surface area (Å²) in [5.74, 6) is -0.865. The number of sulfonamides is 1. The molecule has 1 atom stereocenters. The largest absolute Gasteiger partial charge is 0.326 e. The van der Waals surface area contributed by atoms with Crippen molar-refractivity contribution in [2.24, 2.45) is 5.92 Å². The molecule has 1 aliphatic heterocycles. The Hall–Kier alpha value is -2.23. The minimum atomic E-state index is -3.52. The van der Waals surface area contributed by atoms with Crippen LogP contribution in [0.1, 0.15) is 6.42 Å². The second-order valence-electron chi connectivity index (χ2n) is 6.66. The maximum Gasteiger partial charge on any atom is 0.242 e. The Kier molecular flexibility index (Phi) is 5.87. The van der Waals surface area contributed by atoms with Gasteiger partial charge in [0.05, 0.1) is 16.5 Å². The van der Waals surface area contributed by atoms with Crippen LogP contribution in [0, 0.1) is 5.92 Å². The van der Waals surface area contributed by atoms with Crippen molar-refractivity contribution < 1.29 is 18.0 Å². The number of rotatable bonds is 5. The molecule has 0 aromatic heterocycles. The van der Waals surface area contributed by atoms with Crippen LogP contribution in [0.15, 0.2) is 57.9 Å². The van der Waals surface area contributed by atoms with Gasteiger partial charge in [-0.15, -0.1) is 0 Å². The molecule has 0 spiro atoms. The Balaban J connectivity index is 1.69. The van der Waals surface area contributed by atoms with Crippen molar-refractivity contribution in [3.8, 4) is 0 Å². The molecule has 1 fully saturated rings. The maximum absolute atomic E-state index is 12.6. The van der Waals surface area contributed by atoms with E-state index in [1.807, 2.05) is 24.3 Å². The summed E-state index contributed by atoms with van der Waals surface area (Å²) in [5, 5.41) is 2.76. The predicted octanol–water partition coefficient (Wildman–Crippen LogP) is 2.69. The first-order chi connectivity index (χ1) is 13.2. The fourth-order valence-electron chi connectivity index (χ4n) is 2.95. The summed E-state index contributed by atoms with van der Waals surface area (Å²) in [5.41, 5.74) is 1.22. The lowest BCUT2D eigenvalue weighted by atomic mass is 10.1. The average molecular weight is 466 g/mol. The maximum atomic E-state index is 12.6. The second-order valence-corrected chi connectivity index (χ2v) is 9.66. The van der Waals surface area contributed by atoms with Gasteiger partial charge in [0, 0.05) is 37.2 Å². The Labute approximate surface area is 172 Å². The van der Waals surface area contributed by atoms with Crippen LogP contribution in [0.2, 0.25) is 0 Å². The molecule has 1 N–H and O–H groups in total. The second kappa shape index (κ2) is 8.02. The van der Waals surface area contributed by atoms with Gasteiger partial charge in [0.15, 0.2) is 0 Å². The van der Waals surface area contributed by atoms with Crippen molar-refractivity contribution in [2.75, 3.05) is 30.9 Å². The van der Waals surface area contributed by atoms with Crippen LogP contribution in [0.25, 0.3) is 0 Å². The summed E-state index contributed by atoms with van der Waals surface area (Å²) in [6.45, 7) is 0.292. The first-order valence-electron chi connectivity index (χ1n) is 8.58. The van der Waals surface area contributed by atoms with E-state index in [0.29, 0.717) is 12.2 Å². The normalized spacial score (nSPS) is 17.2. The van der Waals surface area contributed by atoms with Crippen molar-refractivity contribution in [1.82, 2.24) is 4.31 Å². The summed E-state index contributed by atoms with van der Waals surface area (Å²) in [6.07, 6.45) is 0.125. The number of amides is 2. The SMILES string of the molecule is CN(C)S(=O)(=O)c1ccc(NC(=O)C2CC(=O)N(c3ccccc3Br)C2)cc1. The summed E-state index contributed by atoms with van der Waals surface area (Å²) < 4.78 is 26.1. The highest BCUT2D eigenvalue weighted by Gasteiger charge is 2.35. The standard InChI is InChI=1S/C19H20BrN3O4S/c1-22(2)28(26,27)15-9-7-14(8-10-15)21-19(25)13-11-18(24)23(12-13)17-6-4-3-5-16(17)20/h3-10,13H,11-12H2,1-2H3,(H,21,25). The molecule has 3 rings (SSSR count). The van der Waals surface area contributed by atoms with Gasteiger partial charge in [-0.3, -0.25) is 9.59 Å². The molecule has 2 aromatic rings. The molecule has 28 heavy (non-hydrogen) atoms.